The number of benzene rings is 2. The van der Waals surface area contributed by atoms with Crippen LogP contribution in [0.3, 0.4) is 0 Å². The molecule has 5 nitrogen and oxygen atoms in total. The maximum Gasteiger partial charge on any atom is 0.418 e. The largest absolute Gasteiger partial charge is 0.497 e. The highest BCUT2D eigenvalue weighted by molar-refractivity contribution is 5.84. The van der Waals surface area contributed by atoms with Crippen LogP contribution in [0, 0.1) is 0 Å². The molecule has 2 amide bonds. The van der Waals surface area contributed by atoms with Gasteiger partial charge in [0.2, 0.25) is 0 Å². The van der Waals surface area contributed by atoms with Crippen molar-refractivity contribution >= 4 is 11.7 Å². The van der Waals surface area contributed by atoms with E-state index in [4.69, 9.17) is 15.2 Å². The molecule has 0 aliphatic carbocycles. The molecule has 2 aromatic carbocycles. The van der Waals surface area contributed by atoms with Crippen LogP contribution in [0.25, 0.3) is 0 Å². The van der Waals surface area contributed by atoms with E-state index in [-0.39, 0.29) is 4.48 Å². The van der Waals surface area contributed by atoms with E-state index < -0.39 is 6.03 Å². The highest BCUT2D eigenvalue weighted by atomic mass is 16.5. The third-order valence-corrected chi connectivity index (χ3v) is 3.33. The first-order chi connectivity index (χ1) is 9.93. The van der Waals surface area contributed by atoms with Crippen molar-refractivity contribution in [2.24, 2.45) is 5.73 Å². The standard InChI is InChI=1S/C16H18N2O3/c1-18(2,16(17)19)12-4-6-14(7-5-12)21-15-10-8-13(20-3)9-11-15/h4-11H,1-3H3,(H-,17,19)/p+1. The maximum atomic E-state index is 11.4. The molecular formula is C16H19N2O3+. The van der Waals surface area contributed by atoms with Crippen LogP contribution in [0.2, 0.25) is 0 Å². The molecule has 0 aromatic heterocycles. The molecule has 0 spiro atoms. The number of carbonyl (C=O) groups excluding carboxylic acids is 1. The summed E-state index contributed by atoms with van der Waals surface area (Å²) in [6.45, 7) is 0. The third-order valence-electron chi connectivity index (χ3n) is 3.33. The number of amides is 2. The Labute approximate surface area is 124 Å². The molecule has 21 heavy (non-hydrogen) atoms. The lowest BCUT2D eigenvalue weighted by Crippen LogP contribution is -2.50. The van der Waals surface area contributed by atoms with E-state index in [1.807, 2.05) is 48.5 Å². The zero-order valence-electron chi connectivity index (χ0n) is 12.4. The number of primary amides is 1. The Hall–Kier alpha value is -2.53. The Morgan fingerprint density at radius 1 is 0.905 bits per heavy atom. The topological polar surface area (TPSA) is 61.6 Å². The van der Waals surface area contributed by atoms with E-state index in [2.05, 4.69) is 0 Å². The Kier molecular flexibility index (Phi) is 4.14. The smallest absolute Gasteiger partial charge is 0.418 e. The first kappa shape index (κ1) is 14.9. The summed E-state index contributed by atoms with van der Waals surface area (Å²) in [6, 6.07) is 14.2. The molecule has 5 heteroatoms. The lowest BCUT2D eigenvalue weighted by molar-refractivity contribution is 0.227. The van der Waals surface area contributed by atoms with Crippen LogP contribution < -0.4 is 19.7 Å². The van der Waals surface area contributed by atoms with Gasteiger partial charge in [0.05, 0.1) is 21.2 Å². The van der Waals surface area contributed by atoms with Crippen molar-refractivity contribution in [2.75, 3.05) is 21.2 Å². The van der Waals surface area contributed by atoms with Gasteiger partial charge in [-0.05, 0) is 36.4 Å². The van der Waals surface area contributed by atoms with Crippen LogP contribution >= 0.6 is 0 Å². The predicted octanol–water partition coefficient (Wildman–Crippen LogP) is 3.13. The Morgan fingerprint density at radius 2 is 1.33 bits per heavy atom. The average Bonchev–Trinajstić information content (AvgIpc) is 2.48. The van der Waals surface area contributed by atoms with Crippen molar-refractivity contribution in [3.05, 3.63) is 48.5 Å². The van der Waals surface area contributed by atoms with E-state index in [1.165, 1.54) is 0 Å². The lowest BCUT2D eigenvalue weighted by atomic mass is 10.2. The minimum absolute atomic E-state index is 0.0111. The van der Waals surface area contributed by atoms with E-state index in [0.29, 0.717) is 11.5 Å². The number of urea groups is 1. The van der Waals surface area contributed by atoms with Crippen molar-refractivity contribution in [3.63, 3.8) is 0 Å². The molecule has 0 unspecified atom stereocenters. The van der Waals surface area contributed by atoms with Crippen LogP contribution in [0.4, 0.5) is 10.5 Å². The van der Waals surface area contributed by atoms with Gasteiger partial charge < -0.3 is 15.2 Å². The highest BCUT2D eigenvalue weighted by Gasteiger charge is 2.26. The molecule has 0 fully saturated rings. The first-order valence-electron chi connectivity index (χ1n) is 6.50. The lowest BCUT2D eigenvalue weighted by Gasteiger charge is -2.23. The van der Waals surface area contributed by atoms with Gasteiger partial charge in [-0.25, -0.2) is 9.28 Å². The van der Waals surface area contributed by atoms with Gasteiger partial charge >= 0.3 is 6.03 Å². The number of rotatable bonds is 4. The number of nitrogens with two attached hydrogens (primary N) is 1. The summed E-state index contributed by atoms with van der Waals surface area (Å²) in [6.07, 6.45) is 0. The number of hydrogen-bond donors (Lipinski definition) is 1. The van der Waals surface area contributed by atoms with Crippen molar-refractivity contribution < 1.29 is 14.3 Å². The van der Waals surface area contributed by atoms with Gasteiger partial charge in [-0.1, -0.05) is 0 Å². The summed E-state index contributed by atoms with van der Waals surface area (Å²) in [5.74, 6) is 2.18. The molecule has 0 bridgehead atoms. The van der Waals surface area contributed by atoms with Crippen LogP contribution in [0.1, 0.15) is 0 Å². The Bertz CT molecular complexity index is 619. The third kappa shape index (κ3) is 3.32. The minimum Gasteiger partial charge on any atom is -0.497 e. The quantitative estimate of drug-likeness (QED) is 0.879. The number of hydrogen-bond acceptors (Lipinski definition) is 3. The second-order valence-electron chi connectivity index (χ2n) is 5.06. The SMILES string of the molecule is COc1ccc(Oc2ccc([N+](C)(C)C(N)=O)cc2)cc1. The summed E-state index contributed by atoms with van der Waals surface area (Å²) in [4.78, 5) is 11.4. The average molecular weight is 287 g/mol. The fourth-order valence-corrected chi connectivity index (χ4v) is 1.79. The second kappa shape index (κ2) is 5.85. The molecule has 0 saturated carbocycles. The van der Waals surface area contributed by atoms with Crippen molar-refractivity contribution in [3.8, 4) is 17.2 Å². The van der Waals surface area contributed by atoms with E-state index >= 15 is 0 Å². The van der Waals surface area contributed by atoms with E-state index in [0.717, 1.165) is 11.4 Å². The summed E-state index contributed by atoms with van der Waals surface area (Å²) in [5, 5.41) is 0. The molecule has 2 rings (SSSR count). The van der Waals surface area contributed by atoms with Crippen LogP contribution in [0.5, 0.6) is 17.2 Å². The zero-order valence-corrected chi connectivity index (χ0v) is 12.4. The van der Waals surface area contributed by atoms with E-state index in [1.54, 1.807) is 21.2 Å². The summed E-state index contributed by atoms with van der Waals surface area (Å²) in [5.41, 5.74) is 6.18. The van der Waals surface area contributed by atoms with Crippen molar-refractivity contribution in [1.29, 1.82) is 0 Å². The molecule has 0 heterocycles. The van der Waals surface area contributed by atoms with Gasteiger partial charge in [0, 0.05) is 12.1 Å². The predicted molar refractivity (Wildman–Crippen MR) is 82.7 cm³/mol. The van der Waals surface area contributed by atoms with Crippen molar-refractivity contribution in [2.45, 2.75) is 0 Å². The van der Waals surface area contributed by atoms with Gasteiger partial charge in [-0.15, -0.1) is 0 Å². The fourth-order valence-electron chi connectivity index (χ4n) is 1.79. The Morgan fingerprint density at radius 3 is 1.76 bits per heavy atom. The number of quaternary nitrogens is 1. The maximum absolute atomic E-state index is 11.4. The summed E-state index contributed by atoms with van der Waals surface area (Å²) in [7, 11) is 5.09. The van der Waals surface area contributed by atoms with Gasteiger partial charge in [0.25, 0.3) is 0 Å². The van der Waals surface area contributed by atoms with Gasteiger partial charge in [-0.2, -0.15) is 0 Å². The summed E-state index contributed by atoms with van der Waals surface area (Å²) >= 11 is 0. The van der Waals surface area contributed by atoms with Gasteiger partial charge in [0.1, 0.15) is 22.9 Å². The van der Waals surface area contributed by atoms with E-state index in [9.17, 15) is 4.79 Å². The molecule has 0 radical (unpaired) electrons. The molecule has 110 valence electrons. The molecule has 0 aliphatic heterocycles. The zero-order chi connectivity index (χ0) is 15.5. The molecule has 0 atom stereocenters. The summed E-state index contributed by atoms with van der Waals surface area (Å²) < 4.78 is 10.8. The molecular weight excluding hydrogens is 268 g/mol. The highest BCUT2D eigenvalue weighted by Crippen LogP contribution is 2.27. The van der Waals surface area contributed by atoms with Gasteiger partial charge in [0.15, 0.2) is 0 Å². The number of methoxy groups -OCH3 is 1. The fraction of sp³-hybridized carbons (Fsp3) is 0.188. The normalized spacial score (nSPS) is 11.0. The molecule has 2 N–H and O–H groups in total. The van der Waals surface area contributed by atoms with Crippen LogP contribution in [-0.4, -0.2) is 27.2 Å². The first-order valence-corrected chi connectivity index (χ1v) is 6.50. The number of carbonyl (C=O) groups is 1. The van der Waals surface area contributed by atoms with Crippen LogP contribution in [0.15, 0.2) is 48.5 Å². The Balaban J connectivity index is 2.13. The molecule has 2 aromatic rings. The van der Waals surface area contributed by atoms with Crippen LogP contribution in [-0.2, 0) is 0 Å². The number of nitrogens with zero attached hydrogens (tertiary/aromatic N) is 1. The minimum atomic E-state index is -0.418. The monoisotopic (exact) mass is 287 g/mol. The molecule has 0 aliphatic rings. The number of ether oxygens (including phenoxy) is 2. The van der Waals surface area contributed by atoms with Gasteiger partial charge in [-0.3, -0.25) is 0 Å². The second-order valence-corrected chi connectivity index (χ2v) is 5.06. The van der Waals surface area contributed by atoms with Crippen molar-refractivity contribution in [1.82, 2.24) is 4.48 Å². The molecule has 0 saturated heterocycles.